The number of carbonyl (C=O) groups is 1. The van der Waals surface area contributed by atoms with Gasteiger partial charge in [0.2, 0.25) is 10.0 Å². The van der Waals surface area contributed by atoms with E-state index in [9.17, 15) is 17.6 Å². The second-order valence-corrected chi connectivity index (χ2v) is 12.5. The molecule has 2 aromatic carbocycles. The minimum atomic E-state index is -3.50. The molecule has 0 bridgehead atoms. The molecule has 0 aliphatic heterocycles. The normalized spacial score (nSPS) is 11.7. The van der Waals surface area contributed by atoms with E-state index < -0.39 is 21.7 Å². The Morgan fingerprint density at radius 1 is 0.894 bits per heavy atom. The van der Waals surface area contributed by atoms with Crippen LogP contribution in [0.3, 0.4) is 0 Å². The first-order valence-electron chi connectivity index (χ1n) is 14.1. The molecule has 0 spiro atoms. The van der Waals surface area contributed by atoms with Crippen molar-refractivity contribution in [2.24, 2.45) is 0 Å². The Morgan fingerprint density at radius 3 is 2.51 bits per heavy atom. The highest BCUT2D eigenvalue weighted by atomic mass is 32.2. The maximum atomic E-state index is 16.3. The fourth-order valence-electron chi connectivity index (χ4n) is 5.16. The summed E-state index contributed by atoms with van der Waals surface area (Å²) in [6.07, 6.45) is 8.39. The van der Waals surface area contributed by atoms with E-state index in [1.165, 1.54) is 43.1 Å². The molecule has 7 aromatic rings. The largest absolute Gasteiger partial charge is 0.335 e. The zero-order valence-corrected chi connectivity index (χ0v) is 25.2. The predicted molar refractivity (Wildman–Crippen MR) is 171 cm³/mol. The number of imidazole rings is 1. The Hall–Kier alpha value is -5.93. The summed E-state index contributed by atoms with van der Waals surface area (Å²) < 4.78 is 56.4. The number of H-pyrrole nitrogens is 2. The molecule has 0 radical (unpaired) electrons. The monoisotopic (exact) mass is 651 g/mol. The summed E-state index contributed by atoms with van der Waals surface area (Å²) in [4.78, 5) is 33.2. The van der Waals surface area contributed by atoms with E-state index in [0.29, 0.717) is 50.1 Å². The third kappa shape index (κ3) is 6.04. The highest BCUT2D eigenvalue weighted by molar-refractivity contribution is 7.88. The summed E-state index contributed by atoms with van der Waals surface area (Å²) >= 11 is 0. The van der Waals surface area contributed by atoms with Gasteiger partial charge in [-0.25, -0.2) is 26.9 Å². The number of hydrogen-bond donors (Lipinski definition) is 4. The molecule has 0 aliphatic carbocycles. The molecule has 5 aromatic heterocycles. The van der Waals surface area contributed by atoms with Crippen molar-refractivity contribution in [2.75, 3.05) is 11.6 Å². The summed E-state index contributed by atoms with van der Waals surface area (Å²) in [6.45, 7) is -0.106. The zero-order valence-electron chi connectivity index (χ0n) is 24.4. The van der Waals surface area contributed by atoms with Gasteiger partial charge in [0.15, 0.2) is 11.6 Å². The maximum Gasteiger partial charge on any atom is 0.255 e. The fourth-order valence-corrected chi connectivity index (χ4v) is 5.59. The smallest absolute Gasteiger partial charge is 0.255 e. The van der Waals surface area contributed by atoms with Gasteiger partial charge in [-0.1, -0.05) is 18.2 Å². The summed E-state index contributed by atoms with van der Waals surface area (Å²) in [5, 5.41) is 9.97. The van der Waals surface area contributed by atoms with Crippen molar-refractivity contribution in [2.45, 2.75) is 6.54 Å². The number of carbonyl (C=O) groups excluding carboxylic acids is 1. The number of rotatable bonds is 8. The average Bonchev–Trinajstić information content (AvgIpc) is 3.69. The molecule has 12 nitrogen and oxygen atoms in total. The topological polar surface area (TPSA) is 171 Å². The number of sulfonamides is 1. The van der Waals surface area contributed by atoms with Crippen LogP contribution in [-0.4, -0.2) is 55.7 Å². The molecule has 0 saturated carbocycles. The summed E-state index contributed by atoms with van der Waals surface area (Å²) in [7, 11) is -3.50. The number of benzene rings is 2. The van der Waals surface area contributed by atoms with Crippen LogP contribution in [0.2, 0.25) is 0 Å². The molecule has 15 heteroatoms. The second-order valence-electron chi connectivity index (χ2n) is 10.7. The van der Waals surface area contributed by atoms with Gasteiger partial charge in [0.1, 0.15) is 17.2 Å². The number of aromatic amines is 2. The number of nitrogens with zero attached hydrogens (tertiary/aromatic N) is 5. The first kappa shape index (κ1) is 29.8. The van der Waals surface area contributed by atoms with Crippen LogP contribution in [0, 0.1) is 11.6 Å². The van der Waals surface area contributed by atoms with Gasteiger partial charge in [-0.3, -0.25) is 24.8 Å². The van der Waals surface area contributed by atoms with E-state index >= 15 is 4.39 Å². The van der Waals surface area contributed by atoms with Crippen LogP contribution in [0.5, 0.6) is 0 Å². The van der Waals surface area contributed by atoms with Gasteiger partial charge in [-0.2, -0.15) is 5.10 Å². The lowest BCUT2D eigenvalue weighted by Gasteiger charge is -2.08. The molecule has 0 saturated heterocycles. The lowest BCUT2D eigenvalue weighted by molar-refractivity contribution is 0.102. The van der Waals surface area contributed by atoms with E-state index in [1.54, 1.807) is 42.5 Å². The molecule has 1 amide bonds. The van der Waals surface area contributed by atoms with Crippen LogP contribution < -0.4 is 10.0 Å². The lowest BCUT2D eigenvalue weighted by Crippen LogP contribution is -2.21. The summed E-state index contributed by atoms with van der Waals surface area (Å²) in [6, 6.07) is 14.4. The number of aromatic nitrogens is 7. The van der Waals surface area contributed by atoms with E-state index in [-0.39, 0.29) is 35.1 Å². The van der Waals surface area contributed by atoms with E-state index in [4.69, 9.17) is 0 Å². The van der Waals surface area contributed by atoms with Crippen LogP contribution in [0.25, 0.3) is 55.8 Å². The molecule has 0 unspecified atom stereocenters. The third-order valence-electron chi connectivity index (χ3n) is 7.28. The fraction of sp³-hybridized carbons (Fsp3) is 0.0625. The Bertz CT molecular complexity index is 2430. The molecule has 47 heavy (non-hydrogen) atoms. The van der Waals surface area contributed by atoms with E-state index in [2.05, 4.69) is 45.2 Å². The number of amides is 1. The zero-order chi connectivity index (χ0) is 32.7. The van der Waals surface area contributed by atoms with Gasteiger partial charge in [0.25, 0.3) is 5.91 Å². The van der Waals surface area contributed by atoms with Crippen LogP contribution in [0.4, 0.5) is 14.5 Å². The molecule has 7 rings (SSSR count). The molecule has 5 heterocycles. The lowest BCUT2D eigenvalue weighted by atomic mass is 10.0. The molecular formula is C32H23F2N9O3S. The van der Waals surface area contributed by atoms with Gasteiger partial charge in [-0.05, 0) is 47.5 Å². The van der Waals surface area contributed by atoms with Gasteiger partial charge in [-0.15, -0.1) is 0 Å². The van der Waals surface area contributed by atoms with Gasteiger partial charge >= 0.3 is 0 Å². The van der Waals surface area contributed by atoms with Crippen molar-refractivity contribution in [3.63, 3.8) is 0 Å². The molecule has 234 valence electrons. The Labute approximate surface area is 265 Å². The quantitative estimate of drug-likeness (QED) is 0.174. The first-order valence-corrected chi connectivity index (χ1v) is 15.9. The van der Waals surface area contributed by atoms with Crippen LogP contribution in [-0.2, 0) is 16.6 Å². The molecule has 0 atom stereocenters. The van der Waals surface area contributed by atoms with Gasteiger partial charge in [0, 0.05) is 35.6 Å². The van der Waals surface area contributed by atoms with Crippen molar-refractivity contribution in [3.8, 4) is 33.9 Å². The summed E-state index contributed by atoms with van der Waals surface area (Å²) in [5.41, 5.74) is 3.79. The van der Waals surface area contributed by atoms with Crippen molar-refractivity contribution < 1.29 is 22.0 Å². The number of halogens is 2. The Balaban J connectivity index is 1.25. The number of pyridine rings is 3. The number of hydrogen-bond acceptors (Lipinski definition) is 8. The number of anilines is 1. The van der Waals surface area contributed by atoms with Crippen molar-refractivity contribution in [1.29, 1.82) is 0 Å². The standard InChI is InChI=1S/C32H23F2N9O3S/c1-47(45,46)38-11-17-7-19(9-21(33)8-17)23-14-36-15-25-29(23)41-31(40-25)30-26-24(42-43-30)16-37-28(27(26)34)20-10-22(13-35-12-20)39-32(44)18-5-3-2-4-6-18/h2-10,12-16,38H,11H2,1H3,(H,39,44)(H,40,41)(H,42,43). The van der Waals surface area contributed by atoms with Crippen molar-refractivity contribution >= 4 is 43.6 Å². The Kier molecular flexibility index (Phi) is 7.46. The Morgan fingerprint density at radius 2 is 1.70 bits per heavy atom. The van der Waals surface area contributed by atoms with Gasteiger partial charge < -0.3 is 10.3 Å². The van der Waals surface area contributed by atoms with Gasteiger partial charge in [0.05, 0.1) is 52.5 Å². The maximum absolute atomic E-state index is 16.3. The number of fused-ring (bicyclic) bond motifs is 2. The van der Waals surface area contributed by atoms with E-state index in [0.717, 1.165) is 6.26 Å². The minimum Gasteiger partial charge on any atom is -0.335 e. The van der Waals surface area contributed by atoms with Crippen molar-refractivity contribution in [1.82, 2.24) is 39.8 Å². The highest BCUT2D eigenvalue weighted by Gasteiger charge is 2.22. The van der Waals surface area contributed by atoms with E-state index in [1.807, 2.05) is 0 Å². The predicted octanol–water partition coefficient (Wildman–Crippen LogP) is 5.20. The minimum absolute atomic E-state index is 0.0167. The molecular weight excluding hydrogens is 628 g/mol. The molecule has 0 fully saturated rings. The molecule has 4 N–H and O–H groups in total. The summed E-state index contributed by atoms with van der Waals surface area (Å²) in [5.74, 6) is -1.39. The third-order valence-corrected chi connectivity index (χ3v) is 7.94. The average molecular weight is 652 g/mol. The highest BCUT2D eigenvalue weighted by Crippen LogP contribution is 2.35. The first-order chi connectivity index (χ1) is 22.6. The number of nitrogens with one attached hydrogen (secondary N) is 4. The van der Waals surface area contributed by atoms with Crippen LogP contribution in [0.1, 0.15) is 15.9 Å². The second kappa shape index (κ2) is 11.8. The van der Waals surface area contributed by atoms with Crippen LogP contribution in [0.15, 0.2) is 85.6 Å². The van der Waals surface area contributed by atoms with Crippen molar-refractivity contribution in [3.05, 3.63) is 108 Å². The van der Waals surface area contributed by atoms with Crippen LogP contribution >= 0.6 is 0 Å². The SMILES string of the molecule is CS(=O)(=O)NCc1cc(F)cc(-c2cncc3[nH]c(-c4n[nH]c5cnc(-c6cncc(NC(=O)c7ccccc7)c6)c(F)c45)nc23)c1. The molecule has 0 aliphatic rings.